The van der Waals surface area contributed by atoms with Crippen LogP contribution in [0.3, 0.4) is 0 Å². The number of ether oxygens (including phenoxy) is 1. The molecule has 0 heterocycles. The van der Waals surface area contributed by atoms with Crippen LogP contribution in [0.25, 0.3) is 0 Å². The van der Waals surface area contributed by atoms with E-state index in [-0.39, 0.29) is 17.4 Å². The summed E-state index contributed by atoms with van der Waals surface area (Å²) in [4.78, 5) is 22.7. The highest BCUT2D eigenvalue weighted by Gasteiger charge is 2.26. The molecule has 1 fully saturated rings. The van der Waals surface area contributed by atoms with Crippen LogP contribution in [0.15, 0.2) is 29.4 Å². The number of amides is 2. The topological polar surface area (TPSA) is 79.8 Å². The summed E-state index contributed by atoms with van der Waals surface area (Å²) < 4.78 is 28.7. The van der Waals surface area contributed by atoms with Crippen LogP contribution >= 0.6 is 0 Å². The molecule has 0 unspecified atom stereocenters. The predicted octanol–water partition coefficient (Wildman–Crippen LogP) is 1.02. The Balaban J connectivity index is 1.91. The number of halogens is 2. The lowest BCUT2D eigenvalue weighted by atomic mass is 10.2. The van der Waals surface area contributed by atoms with Crippen molar-refractivity contribution in [1.29, 1.82) is 0 Å². The molecule has 0 atom stereocenters. The quantitative estimate of drug-likeness (QED) is 0.484. The maximum absolute atomic E-state index is 12.2. The van der Waals surface area contributed by atoms with Gasteiger partial charge >= 0.3 is 18.4 Å². The van der Waals surface area contributed by atoms with Crippen molar-refractivity contribution in [2.24, 2.45) is 5.10 Å². The molecule has 0 aliphatic heterocycles. The molecule has 0 radical (unpaired) electrons. The van der Waals surface area contributed by atoms with Gasteiger partial charge in [-0.3, -0.25) is 9.59 Å². The zero-order valence-electron chi connectivity index (χ0n) is 10.9. The van der Waals surface area contributed by atoms with Crippen LogP contribution in [0, 0.1) is 0 Å². The van der Waals surface area contributed by atoms with Crippen LogP contribution in [-0.2, 0) is 9.59 Å². The molecule has 21 heavy (non-hydrogen) atoms. The van der Waals surface area contributed by atoms with Gasteiger partial charge < -0.3 is 10.1 Å². The van der Waals surface area contributed by atoms with Gasteiger partial charge in [-0.05, 0) is 25.0 Å². The van der Waals surface area contributed by atoms with E-state index in [0.717, 1.165) is 19.1 Å². The van der Waals surface area contributed by atoms with Gasteiger partial charge in [-0.2, -0.15) is 13.9 Å². The molecule has 0 aromatic heterocycles. The maximum Gasteiger partial charge on any atom is 0.387 e. The third kappa shape index (κ3) is 4.83. The Morgan fingerprint density at radius 3 is 2.67 bits per heavy atom. The van der Waals surface area contributed by atoms with E-state index in [1.54, 1.807) is 6.07 Å². The molecule has 112 valence electrons. The largest absolute Gasteiger partial charge is 0.434 e. The lowest BCUT2D eigenvalue weighted by Gasteiger charge is -2.06. The molecule has 0 spiro atoms. The van der Waals surface area contributed by atoms with E-state index in [4.69, 9.17) is 0 Å². The van der Waals surface area contributed by atoms with Gasteiger partial charge in [0.2, 0.25) is 0 Å². The summed E-state index contributed by atoms with van der Waals surface area (Å²) in [5.74, 6) is -1.76. The van der Waals surface area contributed by atoms with Crippen LogP contribution in [0.2, 0.25) is 0 Å². The van der Waals surface area contributed by atoms with Crippen molar-refractivity contribution in [2.75, 3.05) is 0 Å². The minimum atomic E-state index is -2.96. The van der Waals surface area contributed by atoms with Gasteiger partial charge in [-0.1, -0.05) is 12.1 Å². The standard InChI is InChI=1S/C13H13F2N3O3/c14-13(15)21-10-4-2-1-3-8(10)7-16-18-12(20)11(19)17-9-5-6-9/h1-4,7,9,13H,5-6H2,(H,17,19)(H,18,20)/b16-7-. The van der Waals surface area contributed by atoms with E-state index in [1.165, 1.54) is 18.2 Å². The zero-order valence-corrected chi connectivity index (χ0v) is 10.9. The highest BCUT2D eigenvalue weighted by Crippen LogP contribution is 2.19. The third-order valence-electron chi connectivity index (χ3n) is 2.62. The first-order valence-corrected chi connectivity index (χ1v) is 6.24. The van der Waals surface area contributed by atoms with Crippen molar-refractivity contribution in [3.8, 4) is 5.75 Å². The molecule has 0 bridgehead atoms. The molecule has 1 aromatic rings. The zero-order chi connectivity index (χ0) is 15.2. The fraction of sp³-hybridized carbons (Fsp3) is 0.308. The average molecular weight is 297 g/mol. The summed E-state index contributed by atoms with van der Waals surface area (Å²) in [6.45, 7) is -2.96. The molecule has 1 saturated carbocycles. The van der Waals surface area contributed by atoms with Gasteiger partial charge in [0.1, 0.15) is 5.75 Å². The summed E-state index contributed by atoms with van der Waals surface area (Å²) >= 11 is 0. The van der Waals surface area contributed by atoms with Crippen LogP contribution in [0.4, 0.5) is 8.78 Å². The number of hydrogen-bond acceptors (Lipinski definition) is 4. The molecule has 1 aliphatic carbocycles. The Labute approximate surface area is 119 Å². The molecule has 6 nitrogen and oxygen atoms in total. The summed E-state index contributed by atoms with van der Waals surface area (Å²) in [5, 5.41) is 6.04. The SMILES string of the molecule is O=C(N/N=C\c1ccccc1OC(F)F)C(=O)NC1CC1. The van der Waals surface area contributed by atoms with Crippen LogP contribution < -0.4 is 15.5 Å². The smallest absolute Gasteiger partial charge is 0.387 e. The van der Waals surface area contributed by atoms with Gasteiger partial charge in [0.25, 0.3) is 0 Å². The maximum atomic E-state index is 12.2. The minimum absolute atomic E-state index is 0.0624. The Bertz CT molecular complexity index is 559. The molecule has 2 rings (SSSR count). The van der Waals surface area contributed by atoms with Gasteiger partial charge in [0.05, 0.1) is 6.21 Å². The number of para-hydroxylation sites is 1. The molecule has 2 amide bonds. The number of carbonyl (C=O) groups is 2. The van der Waals surface area contributed by atoms with Crippen LogP contribution in [0.5, 0.6) is 5.75 Å². The van der Waals surface area contributed by atoms with E-state index in [1.807, 2.05) is 5.43 Å². The fourth-order valence-corrected chi connectivity index (χ4v) is 1.48. The Kier molecular flexibility index (Phi) is 4.81. The van der Waals surface area contributed by atoms with Crippen molar-refractivity contribution < 1.29 is 23.1 Å². The number of hydrogen-bond donors (Lipinski definition) is 2. The number of rotatable bonds is 5. The van der Waals surface area contributed by atoms with E-state index in [0.29, 0.717) is 0 Å². The lowest BCUT2D eigenvalue weighted by molar-refractivity contribution is -0.139. The number of nitrogens with zero attached hydrogens (tertiary/aromatic N) is 1. The second kappa shape index (κ2) is 6.78. The summed E-state index contributed by atoms with van der Waals surface area (Å²) in [7, 11) is 0. The van der Waals surface area contributed by atoms with Crippen molar-refractivity contribution in [3.63, 3.8) is 0 Å². The van der Waals surface area contributed by atoms with Gasteiger partial charge in [0, 0.05) is 11.6 Å². The number of alkyl halides is 2. The van der Waals surface area contributed by atoms with Gasteiger partial charge in [-0.15, -0.1) is 0 Å². The number of nitrogens with one attached hydrogen (secondary N) is 2. The van der Waals surface area contributed by atoms with Crippen molar-refractivity contribution in [1.82, 2.24) is 10.7 Å². The second-order valence-electron chi connectivity index (χ2n) is 4.36. The first-order valence-electron chi connectivity index (χ1n) is 6.24. The van der Waals surface area contributed by atoms with E-state index >= 15 is 0 Å². The van der Waals surface area contributed by atoms with Gasteiger partial charge in [0.15, 0.2) is 0 Å². The van der Waals surface area contributed by atoms with Crippen LogP contribution in [0.1, 0.15) is 18.4 Å². The molecule has 0 saturated heterocycles. The molecule has 1 aromatic carbocycles. The second-order valence-corrected chi connectivity index (χ2v) is 4.36. The number of benzene rings is 1. The van der Waals surface area contributed by atoms with E-state index in [9.17, 15) is 18.4 Å². The Morgan fingerprint density at radius 2 is 2.00 bits per heavy atom. The summed E-state index contributed by atoms with van der Waals surface area (Å²) in [6.07, 6.45) is 2.85. The molecule has 2 N–H and O–H groups in total. The molecule has 8 heteroatoms. The molecule has 1 aliphatic rings. The summed E-state index contributed by atoms with van der Waals surface area (Å²) in [6, 6.07) is 6.01. The minimum Gasteiger partial charge on any atom is -0.434 e. The normalized spacial score (nSPS) is 14.2. The lowest BCUT2D eigenvalue weighted by Crippen LogP contribution is -2.38. The van der Waals surface area contributed by atoms with E-state index in [2.05, 4.69) is 15.2 Å². The first kappa shape index (κ1) is 14.9. The number of carbonyl (C=O) groups excluding carboxylic acids is 2. The van der Waals surface area contributed by atoms with Crippen molar-refractivity contribution in [3.05, 3.63) is 29.8 Å². The highest BCUT2D eigenvalue weighted by atomic mass is 19.3. The van der Waals surface area contributed by atoms with Gasteiger partial charge in [-0.25, -0.2) is 5.43 Å². The Hall–Kier alpha value is -2.51. The van der Waals surface area contributed by atoms with Crippen LogP contribution in [-0.4, -0.2) is 30.7 Å². The average Bonchev–Trinajstić information content (AvgIpc) is 3.23. The van der Waals surface area contributed by atoms with E-state index < -0.39 is 18.4 Å². The summed E-state index contributed by atoms with van der Waals surface area (Å²) in [5.41, 5.74) is 2.27. The monoisotopic (exact) mass is 297 g/mol. The third-order valence-corrected chi connectivity index (χ3v) is 2.62. The fourth-order valence-electron chi connectivity index (χ4n) is 1.48. The highest BCUT2D eigenvalue weighted by molar-refractivity contribution is 6.35. The molecular weight excluding hydrogens is 284 g/mol. The predicted molar refractivity (Wildman–Crippen MR) is 70.0 cm³/mol. The van der Waals surface area contributed by atoms with Crippen molar-refractivity contribution in [2.45, 2.75) is 25.5 Å². The molecular formula is C13H13F2N3O3. The Morgan fingerprint density at radius 1 is 1.29 bits per heavy atom. The first-order chi connectivity index (χ1) is 10.1. The van der Waals surface area contributed by atoms with Crippen molar-refractivity contribution >= 4 is 18.0 Å². The number of hydrazone groups is 1.